The molecule has 0 radical (unpaired) electrons. The van der Waals surface area contributed by atoms with Crippen LogP contribution in [0.4, 0.5) is 0 Å². The van der Waals surface area contributed by atoms with Gasteiger partial charge in [-0.2, -0.15) is 5.10 Å². The van der Waals surface area contributed by atoms with Crippen molar-refractivity contribution in [1.82, 2.24) is 5.43 Å². The molecule has 1 amide bonds. The molecule has 0 bridgehead atoms. The summed E-state index contributed by atoms with van der Waals surface area (Å²) in [5, 5.41) is 5.05. The van der Waals surface area contributed by atoms with E-state index in [1.807, 2.05) is 13.0 Å². The number of carbonyl (C=O) groups is 1. The molecule has 0 spiro atoms. The summed E-state index contributed by atoms with van der Waals surface area (Å²) >= 11 is 11.8. The van der Waals surface area contributed by atoms with Crippen molar-refractivity contribution >= 4 is 34.8 Å². The summed E-state index contributed by atoms with van der Waals surface area (Å²) < 4.78 is 0. The van der Waals surface area contributed by atoms with Gasteiger partial charge in [0.1, 0.15) is 0 Å². The molecular weight excluding hydrogens is 247 g/mol. The summed E-state index contributed by atoms with van der Waals surface area (Å²) in [6.45, 7) is 1.96. The highest BCUT2D eigenvalue weighted by Gasteiger charge is 2.21. The van der Waals surface area contributed by atoms with Crippen molar-refractivity contribution in [2.75, 3.05) is 0 Å². The highest BCUT2D eigenvalue weighted by Crippen LogP contribution is 2.25. The van der Waals surface area contributed by atoms with Gasteiger partial charge in [-0.3, -0.25) is 4.79 Å². The lowest BCUT2D eigenvalue weighted by Crippen LogP contribution is -2.31. The summed E-state index contributed by atoms with van der Waals surface area (Å²) in [5.41, 5.74) is 4.19. The lowest BCUT2D eigenvalue weighted by Gasteiger charge is -2.19. The first-order chi connectivity index (χ1) is 7.58. The summed E-state index contributed by atoms with van der Waals surface area (Å²) in [6, 6.07) is 5.34. The molecule has 1 aromatic rings. The molecule has 0 saturated heterocycles. The summed E-state index contributed by atoms with van der Waals surface area (Å²) in [7, 11) is 0. The molecule has 1 aliphatic heterocycles. The molecule has 1 N–H and O–H groups in total. The predicted molar refractivity (Wildman–Crippen MR) is 64.9 cm³/mol. The number of hydrazone groups is 1. The van der Waals surface area contributed by atoms with E-state index in [4.69, 9.17) is 23.2 Å². The van der Waals surface area contributed by atoms with Gasteiger partial charge in [0.2, 0.25) is 5.91 Å². The molecule has 1 atom stereocenters. The average molecular weight is 257 g/mol. The van der Waals surface area contributed by atoms with Crippen LogP contribution in [0.2, 0.25) is 10.0 Å². The number of halogens is 2. The van der Waals surface area contributed by atoms with Crippen molar-refractivity contribution in [1.29, 1.82) is 0 Å². The van der Waals surface area contributed by atoms with E-state index in [9.17, 15) is 4.79 Å². The molecule has 5 heteroatoms. The first-order valence-electron chi connectivity index (χ1n) is 4.90. The normalized spacial score (nSPS) is 20.3. The molecule has 1 heterocycles. The van der Waals surface area contributed by atoms with E-state index in [1.165, 1.54) is 0 Å². The number of carbonyl (C=O) groups excluding carboxylic acids is 1. The third-order valence-corrected chi connectivity index (χ3v) is 3.21. The van der Waals surface area contributed by atoms with Gasteiger partial charge in [-0.25, -0.2) is 5.43 Å². The lowest BCUT2D eigenvalue weighted by atomic mass is 9.94. The van der Waals surface area contributed by atoms with Crippen molar-refractivity contribution in [3.63, 3.8) is 0 Å². The summed E-state index contributed by atoms with van der Waals surface area (Å²) in [6.07, 6.45) is 0.444. The second-order valence-electron chi connectivity index (χ2n) is 3.77. The fraction of sp³-hybridized carbons (Fsp3) is 0.273. The Balaban J connectivity index is 2.37. The van der Waals surface area contributed by atoms with Crippen LogP contribution in [0.5, 0.6) is 0 Å². The molecule has 0 fully saturated rings. The van der Waals surface area contributed by atoms with Crippen molar-refractivity contribution in [3.8, 4) is 0 Å². The SMILES string of the molecule is C[C@@H]1CC(=O)NN=C1c1ccc(Cl)c(Cl)c1. The molecule has 0 unspecified atom stereocenters. The van der Waals surface area contributed by atoms with Crippen LogP contribution < -0.4 is 5.43 Å². The number of nitrogens with zero attached hydrogens (tertiary/aromatic N) is 1. The standard InChI is InChI=1S/C11H10Cl2N2O/c1-6-4-10(16)14-15-11(6)7-2-3-8(12)9(13)5-7/h2-3,5-6H,4H2,1H3,(H,14,16)/t6-/m1/s1. The number of nitrogens with one attached hydrogen (secondary N) is 1. The van der Waals surface area contributed by atoms with Gasteiger partial charge in [0.05, 0.1) is 15.8 Å². The van der Waals surface area contributed by atoms with Crippen molar-refractivity contribution < 1.29 is 4.79 Å². The van der Waals surface area contributed by atoms with E-state index in [0.29, 0.717) is 16.5 Å². The zero-order valence-electron chi connectivity index (χ0n) is 8.63. The number of amides is 1. The maximum atomic E-state index is 11.1. The minimum absolute atomic E-state index is 0.0590. The monoisotopic (exact) mass is 256 g/mol. The molecule has 1 aliphatic rings. The van der Waals surface area contributed by atoms with Crippen LogP contribution >= 0.6 is 23.2 Å². The van der Waals surface area contributed by atoms with Crippen LogP contribution in [-0.2, 0) is 4.79 Å². The molecule has 0 aromatic heterocycles. The van der Waals surface area contributed by atoms with Gasteiger partial charge >= 0.3 is 0 Å². The molecular formula is C11H10Cl2N2O. The Morgan fingerprint density at radius 2 is 2.12 bits per heavy atom. The van der Waals surface area contributed by atoms with Gasteiger partial charge in [0.15, 0.2) is 0 Å². The van der Waals surface area contributed by atoms with E-state index in [1.54, 1.807) is 12.1 Å². The van der Waals surface area contributed by atoms with E-state index in [0.717, 1.165) is 11.3 Å². The zero-order chi connectivity index (χ0) is 11.7. The third kappa shape index (κ3) is 2.20. The topological polar surface area (TPSA) is 41.5 Å². The minimum atomic E-state index is -0.0590. The van der Waals surface area contributed by atoms with Gasteiger partial charge in [0.25, 0.3) is 0 Å². The minimum Gasteiger partial charge on any atom is -0.273 e. The number of benzene rings is 1. The molecule has 2 rings (SSSR count). The molecule has 84 valence electrons. The van der Waals surface area contributed by atoms with Crippen LogP contribution in [0.1, 0.15) is 18.9 Å². The Morgan fingerprint density at radius 1 is 1.38 bits per heavy atom. The van der Waals surface area contributed by atoms with Gasteiger partial charge in [-0.1, -0.05) is 36.2 Å². The van der Waals surface area contributed by atoms with E-state index >= 15 is 0 Å². The summed E-state index contributed by atoms with van der Waals surface area (Å²) in [5.74, 6) is 0.0299. The first kappa shape index (κ1) is 11.4. The van der Waals surface area contributed by atoms with E-state index in [-0.39, 0.29) is 11.8 Å². The fourth-order valence-corrected chi connectivity index (χ4v) is 1.96. The average Bonchev–Trinajstić information content (AvgIpc) is 2.22. The Morgan fingerprint density at radius 3 is 2.75 bits per heavy atom. The Kier molecular flexibility index (Phi) is 3.17. The van der Waals surface area contributed by atoms with Gasteiger partial charge in [-0.05, 0) is 17.7 Å². The van der Waals surface area contributed by atoms with E-state index in [2.05, 4.69) is 10.5 Å². The molecule has 0 saturated carbocycles. The van der Waals surface area contributed by atoms with Crippen LogP contribution in [0, 0.1) is 5.92 Å². The van der Waals surface area contributed by atoms with Crippen molar-refractivity contribution in [2.45, 2.75) is 13.3 Å². The largest absolute Gasteiger partial charge is 0.273 e. The zero-order valence-corrected chi connectivity index (χ0v) is 10.1. The number of hydrogen-bond donors (Lipinski definition) is 1. The van der Waals surface area contributed by atoms with Crippen molar-refractivity contribution in [3.05, 3.63) is 33.8 Å². The summed E-state index contributed by atoms with van der Waals surface area (Å²) in [4.78, 5) is 11.1. The highest BCUT2D eigenvalue weighted by molar-refractivity contribution is 6.42. The van der Waals surface area contributed by atoms with Crippen molar-refractivity contribution in [2.24, 2.45) is 11.0 Å². The Bertz CT molecular complexity index is 471. The molecule has 1 aromatic carbocycles. The molecule has 3 nitrogen and oxygen atoms in total. The molecule has 16 heavy (non-hydrogen) atoms. The van der Waals surface area contributed by atoms with Crippen LogP contribution in [0.3, 0.4) is 0 Å². The van der Waals surface area contributed by atoms with Crippen LogP contribution in [0.25, 0.3) is 0 Å². The number of hydrogen-bond acceptors (Lipinski definition) is 2. The maximum absolute atomic E-state index is 11.1. The second-order valence-corrected chi connectivity index (χ2v) is 4.58. The van der Waals surface area contributed by atoms with Gasteiger partial charge in [0, 0.05) is 12.3 Å². The third-order valence-electron chi connectivity index (χ3n) is 2.47. The molecule has 0 aliphatic carbocycles. The van der Waals surface area contributed by atoms with Gasteiger partial charge < -0.3 is 0 Å². The van der Waals surface area contributed by atoms with Crippen LogP contribution in [-0.4, -0.2) is 11.6 Å². The number of rotatable bonds is 1. The first-order valence-corrected chi connectivity index (χ1v) is 5.65. The van der Waals surface area contributed by atoms with Crippen LogP contribution in [0.15, 0.2) is 23.3 Å². The lowest BCUT2D eigenvalue weighted by molar-refractivity contribution is -0.121. The quantitative estimate of drug-likeness (QED) is 0.825. The maximum Gasteiger partial charge on any atom is 0.240 e. The predicted octanol–water partition coefficient (Wildman–Crippen LogP) is 2.85. The fourth-order valence-electron chi connectivity index (χ4n) is 1.66. The second kappa shape index (κ2) is 4.44. The Labute approximate surface area is 103 Å². The van der Waals surface area contributed by atoms with E-state index < -0.39 is 0 Å². The Hall–Kier alpha value is -1.06. The highest BCUT2D eigenvalue weighted by atomic mass is 35.5. The van der Waals surface area contributed by atoms with Gasteiger partial charge in [-0.15, -0.1) is 0 Å². The smallest absolute Gasteiger partial charge is 0.240 e.